The van der Waals surface area contributed by atoms with Crippen LogP contribution in [0.4, 0.5) is 0 Å². The number of hydrogen-bond acceptors (Lipinski definition) is 6. The maximum absolute atomic E-state index is 12.3. The fourth-order valence-corrected chi connectivity index (χ4v) is 3.27. The first-order chi connectivity index (χ1) is 10.2. The molecular formula is C15H20N2O4S. The van der Waals surface area contributed by atoms with Gasteiger partial charge in [-0.05, 0) is 11.6 Å². The summed E-state index contributed by atoms with van der Waals surface area (Å²) in [7, 11) is -1.87. The third kappa shape index (κ3) is 4.30. The summed E-state index contributed by atoms with van der Waals surface area (Å²) < 4.78 is 34.7. The van der Waals surface area contributed by atoms with Crippen molar-refractivity contribution < 1.29 is 17.7 Å². The normalized spacial score (nSPS) is 12.4. The van der Waals surface area contributed by atoms with Gasteiger partial charge in [-0.2, -0.15) is 0 Å². The first kappa shape index (κ1) is 16.5. The van der Waals surface area contributed by atoms with Gasteiger partial charge in [0.1, 0.15) is 5.75 Å². The Balaban J connectivity index is 2.12. The molecule has 2 heterocycles. The Morgan fingerprint density at radius 2 is 1.95 bits per heavy atom. The summed E-state index contributed by atoms with van der Waals surface area (Å²) in [4.78, 5) is 3.96. The van der Waals surface area contributed by atoms with E-state index in [1.807, 2.05) is 20.8 Å². The van der Waals surface area contributed by atoms with Crippen LogP contribution in [0.15, 0.2) is 28.9 Å². The molecule has 0 aliphatic heterocycles. The van der Waals surface area contributed by atoms with E-state index in [1.165, 1.54) is 13.3 Å². The molecule has 0 bridgehead atoms. The van der Waals surface area contributed by atoms with Crippen molar-refractivity contribution in [2.45, 2.75) is 37.7 Å². The molecule has 6 nitrogen and oxygen atoms in total. The summed E-state index contributed by atoms with van der Waals surface area (Å²) in [6.07, 6.45) is 1.52. The molecule has 0 saturated carbocycles. The highest BCUT2D eigenvalue weighted by Gasteiger charge is 2.22. The minimum atomic E-state index is -3.36. The maximum Gasteiger partial charge on any atom is 0.213 e. The summed E-state index contributed by atoms with van der Waals surface area (Å²) in [6.45, 7) is 5.98. The Labute approximate surface area is 130 Å². The van der Waals surface area contributed by atoms with Crippen molar-refractivity contribution in [3.05, 3.63) is 41.4 Å². The fourth-order valence-electron chi connectivity index (χ4n) is 1.91. The second-order valence-electron chi connectivity index (χ2n) is 6.17. The molecule has 22 heavy (non-hydrogen) atoms. The van der Waals surface area contributed by atoms with Crippen LogP contribution in [0.25, 0.3) is 0 Å². The molecule has 7 heteroatoms. The lowest BCUT2D eigenvalue weighted by Gasteiger charge is -2.12. The van der Waals surface area contributed by atoms with Gasteiger partial charge in [0, 0.05) is 23.7 Å². The lowest BCUT2D eigenvalue weighted by atomic mass is 9.92. The lowest BCUT2D eigenvalue weighted by Crippen LogP contribution is -2.11. The molecule has 0 aliphatic rings. The predicted molar refractivity (Wildman–Crippen MR) is 82.3 cm³/mol. The molecule has 0 aliphatic carbocycles. The van der Waals surface area contributed by atoms with E-state index in [9.17, 15) is 8.42 Å². The number of hydrogen-bond donors (Lipinski definition) is 0. The Kier molecular flexibility index (Phi) is 4.55. The summed E-state index contributed by atoms with van der Waals surface area (Å²) in [5, 5.41) is 3.94. The summed E-state index contributed by atoms with van der Waals surface area (Å²) in [5.41, 5.74) is 1.19. The van der Waals surface area contributed by atoms with Gasteiger partial charge in [-0.1, -0.05) is 25.9 Å². The number of ether oxygens (including phenoxy) is 1. The molecule has 120 valence electrons. The maximum atomic E-state index is 12.3. The van der Waals surface area contributed by atoms with E-state index in [0.29, 0.717) is 17.2 Å². The average Bonchev–Trinajstić information content (AvgIpc) is 2.86. The lowest BCUT2D eigenvalue weighted by molar-refractivity contribution is 0.372. The monoisotopic (exact) mass is 324 g/mol. The first-order valence-electron chi connectivity index (χ1n) is 6.85. The van der Waals surface area contributed by atoms with Gasteiger partial charge in [-0.25, -0.2) is 13.4 Å². The van der Waals surface area contributed by atoms with E-state index in [4.69, 9.17) is 9.26 Å². The van der Waals surface area contributed by atoms with Crippen molar-refractivity contribution in [3.63, 3.8) is 0 Å². The van der Waals surface area contributed by atoms with Gasteiger partial charge in [-0.15, -0.1) is 0 Å². The standard InChI is InChI=1S/C15H20N2O4S/c1-15(2,3)13-8-12(21-17-13)10-22(18,19)9-11-5-6-16-14(7-11)20-4/h5-8H,9-10H2,1-4H3. The van der Waals surface area contributed by atoms with Crippen LogP contribution in [0.2, 0.25) is 0 Å². The summed E-state index contributed by atoms with van der Waals surface area (Å²) in [6, 6.07) is 4.96. The highest BCUT2D eigenvalue weighted by molar-refractivity contribution is 7.89. The molecule has 0 saturated heterocycles. The van der Waals surface area contributed by atoms with Crippen molar-refractivity contribution in [3.8, 4) is 5.88 Å². The zero-order chi connectivity index (χ0) is 16.4. The summed E-state index contributed by atoms with van der Waals surface area (Å²) in [5.74, 6) is 0.464. The number of nitrogens with zero attached hydrogens (tertiary/aromatic N) is 2. The molecule has 0 fully saturated rings. The van der Waals surface area contributed by atoms with Crippen LogP contribution < -0.4 is 4.74 Å². The van der Waals surface area contributed by atoms with Crippen LogP contribution in [0.3, 0.4) is 0 Å². The van der Waals surface area contributed by atoms with E-state index in [0.717, 1.165) is 5.69 Å². The van der Waals surface area contributed by atoms with Gasteiger partial charge in [0.15, 0.2) is 15.6 Å². The molecule has 0 radical (unpaired) electrons. The molecule has 0 spiro atoms. The molecule has 2 aromatic heterocycles. The van der Waals surface area contributed by atoms with Gasteiger partial charge in [-0.3, -0.25) is 0 Å². The second kappa shape index (κ2) is 6.08. The molecular weight excluding hydrogens is 304 g/mol. The largest absolute Gasteiger partial charge is 0.481 e. The highest BCUT2D eigenvalue weighted by atomic mass is 32.2. The SMILES string of the molecule is COc1cc(CS(=O)(=O)Cc2cc(C(C)(C)C)no2)ccn1. The molecule has 0 amide bonds. The second-order valence-corrected chi connectivity index (χ2v) is 8.23. The van der Waals surface area contributed by atoms with Crippen LogP contribution in [0, 0.1) is 0 Å². The van der Waals surface area contributed by atoms with Crippen LogP contribution in [0.1, 0.15) is 37.8 Å². The van der Waals surface area contributed by atoms with Crippen molar-refractivity contribution in [1.29, 1.82) is 0 Å². The van der Waals surface area contributed by atoms with Gasteiger partial charge in [0.2, 0.25) is 5.88 Å². The van der Waals surface area contributed by atoms with Gasteiger partial charge >= 0.3 is 0 Å². The third-order valence-corrected chi connectivity index (χ3v) is 4.58. The van der Waals surface area contributed by atoms with Crippen molar-refractivity contribution in [2.24, 2.45) is 0 Å². The van der Waals surface area contributed by atoms with Gasteiger partial charge in [0.05, 0.1) is 18.6 Å². The third-order valence-electron chi connectivity index (χ3n) is 3.08. The quantitative estimate of drug-likeness (QED) is 0.840. The highest BCUT2D eigenvalue weighted by Crippen LogP contribution is 2.23. The molecule has 0 aromatic carbocycles. The minimum absolute atomic E-state index is 0.0998. The molecule has 2 aromatic rings. The summed E-state index contributed by atoms with van der Waals surface area (Å²) >= 11 is 0. The van der Waals surface area contributed by atoms with Gasteiger partial charge < -0.3 is 9.26 Å². The van der Waals surface area contributed by atoms with Crippen LogP contribution in [0.5, 0.6) is 5.88 Å². The number of rotatable bonds is 5. The number of aromatic nitrogens is 2. The van der Waals surface area contributed by atoms with E-state index in [2.05, 4.69) is 10.1 Å². The average molecular weight is 324 g/mol. The minimum Gasteiger partial charge on any atom is -0.481 e. The topological polar surface area (TPSA) is 82.3 Å². The number of pyridine rings is 1. The number of methoxy groups -OCH3 is 1. The molecule has 0 atom stereocenters. The Morgan fingerprint density at radius 3 is 2.55 bits per heavy atom. The van der Waals surface area contributed by atoms with E-state index >= 15 is 0 Å². The first-order valence-corrected chi connectivity index (χ1v) is 8.67. The zero-order valence-corrected chi connectivity index (χ0v) is 14.0. The van der Waals surface area contributed by atoms with E-state index < -0.39 is 9.84 Å². The zero-order valence-electron chi connectivity index (χ0n) is 13.2. The Morgan fingerprint density at radius 1 is 1.23 bits per heavy atom. The van der Waals surface area contributed by atoms with Crippen LogP contribution in [-0.2, 0) is 26.8 Å². The molecule has 0 N–H and O–H groups in total. The number of sulfone groups is 1. The van der Waals surface area contributed by atoms with Gasteiger partial charge in [0.25, 0.3) is 0 Å². The van der Waals surface area contributed by atoms with Crippen LogP contribution in [-0.4, -0.2) is 25.7 Å². The van der Waals surface area contributed by atoms with E-state index in [1.54, 1.807) is 18.2 Å². The molecule has 0 unspecified atom stereocenters. The van der Waals surface area contributed by atoms with E-state index in [-0.39, 0.29) is 16.9 Å². The van der Waals surface area contributed by atoms with Crippen molar-refractivity contribution >= 4 is 9.84 Å². The fraction of sp³-hybridized carbons (Fsp3) is 0.467. The predicted octanol–water partition coefficient (Wildman–Crippen LogP) is 2.49. The Bertz CT molecular complexity index is 745. The van der Waals surface area contributed by atoms with Crippen molar-refractivity contribution in [1.82, 2.24) is 10.1 Å². The van der Waals surface area contributed by atoms with Crippen LogP contribution >= 0.6 is 0 Å². The smallest absolute Gasteiger partial charge is 0.213 e. The Hall–Kier alpha value is -1.89. The molecule has 2 rings (SSSR count). The van der Waals surface area contributed by atoms with Crippen molar-refractivity contribution in [2.75, 3.05) is 7.11 Å².